The predicted octanol–water partition coefficient (Wildman–Crippen LogP) is 1.55. The summed E-state index contributed by atoms with van der Waals surface area (Å²) >= 11 is 1.39. The van der Waals surface area contributed by atoms with Crippen LogP contribution in [0.5, 0.6) is 0 Å². The predicted molar refractivity (Wildman–Crippen MR) is 102 cm³/mol. The van der Waals surface area contributed by atoms with Gasteiger partial charge in [-0.05, 0) is 37.8 Å². The molecule has 2 saturated heterocycles. The lowest BCUT2D eigenvalue weighted by molar-refractivity contribution is -0.118. The smallest absolute Gasteiger partial charge is 0.252 e. The summed E-state index contributed by atoms with van der Waals surface area (Å²) < 4.78 is 4.92. The number of rotatable bonds is 8. The molecule has 2 atom stereocenters. The van der Waals surface area contributed by atoms with Crippen LogP contribution in [-0.4, -0.2) is 56.0 Å². The molecule has 3 N–H and O–H groups in total. The van der Waals surface area contributed by atoms with Gasteiger partial charge in [-0.25, -0.2) is 0 Å². The van der Waals surface area contributed by atoms with Crippen LogP contribution in [0.3, 0.4) is 0 Å². The normalized spacial score (nSPS) is 24.3. The molecule has 2 fully saturated rings. The van der Waals surface area contributed by atoms with Crippen LogP contribution in [0.15, 0.2) is 29.2 Å². The fourth-order valence-electron chi connectivity index (χ4n) is 3.71. The van der Waals surface area contributed by atoms with Gasteiger partial charge in [0.15, 0.2) is 0 Å². The van der Waals surface area contributed by atoms with E-state index in [9.17, 15) is 9.59 Å². The zero-order valence-corrected chi connectivity index (χ0v) is 15.9. The van der Waals surface area contributed by atoms with Crippen LogP contribution in [0, 0.1) is 0 Å². The molecule has 0 radical (unpaired) electrons. The highest BCUT2D eigenvalue weighted by Gasteiger charge is 2.34. The van der Waals surface area contributed by atoms with Gasteiger partial charge in [-0.15, -0.1) is 11.8 Å². The Kier molecular flexibility index (Phi) is 6.93. The summed E-state index contributed by atoms with van der Waals surface area (Å²) in [4.78, 5) is 25.5. The second kappa shape index (κ2) is 9.39. The molecule has 1 aromatic rings. The van der Waals surface area contributed by atoms with E-state index in [2.05, 4.69) is 16.0 Å². The van der Waals surface area contributed by atoms with Crippen LogP contribution >= 0.6 is 11.8 Å². The summed E-state index contributed by atoms with van der Waals surface area (Å²) in [6.45, 7) is 0.990. The van der Waals surface area contributed by atoms with Gasteiger partial charge in [-0.1, -0.05) is 12.1 Å². The SMILES string of the molecule is COCCNC(=O)CSc1ccccc1C(=O)NC1CC2CCC(C1)N2. The van der Waals surface area contributed by atoms with Crippen LogP contribution in [0.1, 0.15) is 36.0 Å². The van der Waals surface area contributed by atoms with Gasteiger partial charge in [0.2, 0.25) is 5.91 Å². The van der Waals surface area contributed by atoms with Crippen LogP contribution < -0.4 is 16.0 Å². The lowest BCUT2D eigenvalue weighted by Crippen LogP contribution is -2.48. The third-order valence-electron chi connectivity index (χ3n) is 4.93. The number of piperidine rings is 1. The molecule has 0 spiro atoms. The molecular weight excluding hydrogens is 350 g/mol. The minimum atomic E-state index is -0.0582. The standard InChI is InChI=1S/C19H27N3O3S/c1-25-9-8-20-18(23)12-26-17-5-3-2-4-16(17)19(24)22-15-10-13-6-7-14(11-15)21-13/h2-5,13-15,21H,6-12H2,1H3,(H,20,23)(H,22,24). The molecule has 0 saturated carbocycles. The molecule has 142 valence electrons. The molecule has 2 heterocycles. The maximum absolute atomic E-state index is 12.8. The maximum Gasteiger partial charge on any atom is 0.252 e. The van der Waals surface area contributed by atoms with E-state index in [1.165, 1.54) is 24.6 Å². The Morgan fingerprint density at radius 1 is 1.23 bits per heavy atom. The monoisotopic (exact) mass is 377 g/mol. The van der Waals surface area contributed by atoms with Crippen molar-refractivity contribution < 1.29 is 14.3 Å². The van der Waals surface area contributed by atoms with Crippen molar-refractivity contribution >= 4 is 23.6 Å². The third kappa shape index (κ3) is 5.22. The minimum absolute atomic E-state index is 0.0424. The molecule has 1 aromatic carbocycles. The largest absolute Gasteiger partial charge is 0.383 e. The number of carbonyl (C=O) groups is 2. The van der Waals surface area contributed by atoms with E-state index < -0.39 is 0 Å². The van der Waals surface area contributed by atoms with Gasteiger partial charge >= 0.3 is 0 Å². The van der Waals surface area contributed by atoms with Gasteiger partial charge in [-0.3, -0.25) is 9.59 Å². The average Bonchev–Trinajstić information content (AvgIpc) is 2.98. The first-order chi connectivity index (χ1) is 12.7. The summed E-state index contributed by atoms with van der Waals surface area (Å²) in [6.07, 6.45) is 4.42. The Balaban J connectivity index is 1.54. The Labute approximate surface area is 158 Å². The molecular formula is C19H27N3O3S. The first-order valence-corrected chi connectivity index (χ1v) is 10.2. The number of hydrogen-bond donors (Lipinski definition) is 3. The van der Waals surface area contributed by atoms with E-state index in [1.807, 2.05) is 24.3 Å². The first-order valence-electron chi connectivity index (χ1n) is 9.20. The number of methoxy groups -OCH3 is 1. The number of nitrogens with one attached hydrogen (secondary N) is 3. The Morgan fingerprint density at radius 3 is 2.69 bits per heavy atom. The number of carbonyl (C=O) groups excluding carboxylic acids is 2. The van der Waals surface area contributed by atoms with Crippen molar-refractivity contribution in [3.63, 3.8) is 0 Å². The molecule has 2 unspecified atom stereocenters. The highest BCUT2D eigenvalue weighted by Crippen LogP contribution is 2.28. The Hall–Kier alpha value is -1.57. The summed E-state index contributed by atoms with van der Waals surface area (Å²) in [5.41, 5.74) is 0.646. The summed E-state index contributed by atoms with van der Waals surface area (Å²) in [5.74, 6) is 0.183. The van der Waals surface area contributed by atoms with E-state index in [4.69, 9.17) is 4.74 Å². The fourth-order valence-corrected chi connectivity index (χ4v) is 4.58. The summed E-state index contributed by atoms with van der Waals surface area (Å²) in [7, 11) is 1.60. The number of hydrogen-bond acceptors (Lipinski definition) is 5. The molecule has 26 heavy (non-hydrogen) atoms. The molecule has 3 rings (SSSR count). The minimum Gasteiger partial charge on any atom is -0.383 e. The Morgan fingerprint density at radius 2 is 1.96 bits per heavy atom. The molecule has 2 bridgehead atoms. The van der Waals surface area contributed by atoms with Gasteiger partial charge in [0.1, 0.15) is 0 Å². The van der Waals surface area contributed by atoms with Crippen molar-refractivity contribution in [2.24, 2.45) is 0 Å². The average molecular weight is 378 g/mol. The molecule has 6 nitrogen and oxygen atoms in total. The van der Waals surface area contributed by atoms with Gasteiger partial charge in [0.05, 0.1) is 17.9 Å². The number of thioether (sulfide) groups is 1. The second-order valence-corrected chi connectivity index (χ2v) is 7.92. The van der Waals surface area contributed by atoms with Crippen molar-refractivity contribution in [3.8, 4) is 0 Å². The summed E-state index contributed by atoms with van der Waals surface area (Å²) in [5, 5.41) is 9.58. The number of amides is 2. The van der Waals surface area contributed by atoms with Crippen molar-refractivity contribution in [2.45, 2.75) is 48.7 Å². The first kappa shape index (κ1) is 19.2. The Bertz CT molecular complexity index is 628. The fraction of sp³-hybridized carbons (Fsp3) is 0.579. The van der Waals surface area contributed by atoms with Gasteiger partial charge < -0.3 is 20.7 Å². The zero-order chi connectivity index (χ0) is 18.4. The molecule has 7 heteroatoms. The van der Waals surface area contributed by atoms with E-state index in [-0.39, 0.29) is 23.6 Å². The molecule has 0 aromatic heterocycles. The second-order valence-electron chi connectivity index (χ2n) is 6.91. The van der Waals surface area contributed by atoms with Crippen LogP contribution in [0.4, 0.5) is 0 Å². The lowest BCUT2D eigenvalue weighted by atomic mass is 9.99. The maximum atomic E-state index is 12.8. The number of benzene rings is 1. The van der Waals surface area contributed by atoms with E-state index >= 15 is 0 Å². The molecule has 2 aliphatic heterocycles. The molecule has 2 aliphatic rings. The third-order valence-corrected chi connectivity index (χ3v) is 6.00. The van der Waals surface area contributed by atoms with Gasteiger partial charge in [0, 0.05) is 36.7 Å². The van der Waals surface area contributed by atoms with Crippen molar-refractivity contribution in [3.05, 3.63) is 29.8 Å². The number of fused-ring (bicyclic) bond motifs is 2. The van der Waals surface area contributed by atoms with Gasteiger partial charge in [0.25, 0.3) is 5.91 Å². The quantitative estimate of drug-likeness (QED) is 0.473. The van der Waals surface area contributed by atoms with Crippen LogP contribution in [-0.2, 0) is 9.53 Å². The van der Waals surface area contributed by atoms with E-state index in [1.54, 1.807) is 7.11 Å². The van der Waals surface area contributed by atoms with Crippen molar-refractivity contribution in [2.75, 3.05) is 26.0 Å². The summed E-state index contributed by atoms with van der Waals surface area (Å²) in [6, 6.07) is 8.80. The topological polar surface area (TPSA) is 79.5 Å². The molecule has 0 aliphatic carbocycles. The highest BCUT2D eigenvalue weighted by molar-refractivity contribution is 8.00. The highest BCUT2D eigenvalue weighted by atomic mass is 32.2. The van der Waals surface area contributed by atoms with Crippen molar-refractivity contribution in [1.29, 1.82) is 0 Å². The van der Waals surface area contributed by atoms with Crippen LogP contribution in [0.25, 0.3) is 0 Å². The lowest BCUT2D eigenvalue weighted by Gasteiger charge is -2.29. The van der Waals surface area contributed by atoms with E-state index in [0.29, 0.717) is 30.8 Å². The van der Waals surface area contributed by atoms with Gasteiger partial charge in [-0.2, -0.15) is 0 Å². The molecule has 2 amide bonds. The van der Waals surface area contributed by atoms with Crippen molar-refractivity contribution in [1.82, 2.24) is 16.0 Å². The number of ether oxygens (including phenoxy) is 1. The zero-order valence-electron chi connectivity index (χ0n) is 15.1. The van der Waals surface area contributed by atoms with Crippen LogP contribution in [0.2, 0.25) is 0 Å². The van der Waals surface area contributed by atoms with E-state index in [0.717, 1.165) is 17.7 Å².